The minimum atomic E-state index is -0.402. The van der Waals surface area contributed by atoms with E-state index in [4.69, 9.17) is 16.3 Å². The molecule has 5 nitrogen and oxygen atoms in total. The van der Waals surface area contributed by atoms with Crippen molar-refractivity contribution in [2.24, 2.45) is 5.10 Å². The Labute approximate surface area is 146 Å². The minimum absolute atomic E-state index is 0.362. The van der Waals surface area contributed by atoms with E-state index in [0.29, 0.717) is 20.8 Å². The van der Waals surface area contributed by atoms with Gasteiger partial charge < -0.3 is 4.74 Å². The highest BCUT2D eigenvalue weighted by Gasteiger charge is 2.05. The quantitative estimate of drug-likeness (QED) is 0.371. The van der Waals surface area contributed by atoms with Gasteiger partial charge in [0.05, 0.1) is 10.7 Å². The lowest BCUT2D eigenvalue weighted by molar-refractivity contribution is -0.131. The van der Waals surface area contributed by atoms with Gasteiger partial charge in [0.15, 0.2) is 0 Å². The van der Waals surface area contributed by atoms with Crippen LogP contribution < -0.4 is 10.2 Å². The monoisotopic (exact) mass is 394 g/mol. The number of esters is 1. The lowest BCUT2D eigenvalue weighted by Gasteiger charge is -2.04. The van der Waals surface area contributed by atoms with Crippen LogP contribution in [-0.2, 0) is 4.79 Å². The Kier molecular flexibility index (Phi) is 5.90. The Morgan fingerprint density at radius 2 is 2.04 bits per heavy atom. The second-order valence-corrected chi connectivity index (χ2v) is 5.78. The van der Waals surface area contributed by atoms with Crippen molar-refractivity contribution in [1.82, 2.24) is 5.43 Å². The molecule has 0 aliphatic heterocycles. The molecule has 0 heterocycles. The molecular weight excluding hydrogens is 384 g/mol. The second kappa shape index (κ2) is 7.89. The number of carbonyl (C=O) groups excluding carboxylic acids is 2. The fraction of sp³-hybridized carbons (Fsp3) is 0.0625. The van der Waals surface area contributed by atoms with Crippen molar-refractivity contribution in [2.45, 2.75) is 6.92 Å². The van der Waals surface area contributed by atoms with Crippen molar-refractivity contribution in [3.8, 4) is 5.75 Å². The molecule has 0 aromatic heterocycles. The van der Waals surface area contributed by atoms with Crippen molar-refractivity contribution in [2.75, 3.05) is 0 Å². The number of halogens is 2. The summed E-state index contributed by atoms with van der Waals surface area (Å²) in [5.74, 6) is -0.349. The fourth-order valence-electron chi connectivity index (χ4n) is 1.69. The van der Waals surface area contributed by atoms with E-state index in [1.807, 2.05) is 0 Å². The van der Waals surface area contributed by atoms with Crippen LogP contribution in [0.4, 0.5) is 0 Å². The first kappa shape index (κ1) is 17.2. The number of hydrazone groups is 1. The maximum atomic E-state index is 11.9. The number of carbonyl (C=O) groups is 2. The molecule has 2 aromatic carbocycles. The van der Waals surface area contributed by atoms with Gasteiger partial charge in [0.25, 0.3) is 5.91 Å². The zero-order valence-electron chi connectivity index (χ0n) is 12.0. The molecule has 0 bridgehead atoms. The van der Waals surface area contributed by atoms with Gasteiger partial charge in [-0.1, -0.05) is 17.7 Å². The van der Waals surface area contributed by atoms with Crippen LogP contribution >= 0.6 is 27.5 Å². The summed E-state index contributed by atoms with van der Waals surface area (Å²) in [7, 11) is 0. The van der Waals surface area contributed by atoms with Crippen LogP contribution in [0, 0.1) is 0 Å². The molecule has 0 radical (unpaired) electrons. The first-order valence-electron chi connectivity index (χ1n) is 6.52. The van der Waals surface area contributed by atoms with Gasteiger partial charge in [0.1, 0.15) is 5.75 Å². The van der Waals surface area contributed by atoms with Gasteiger partial charge in [-0.3, -0.25) is 9.59 Å². The van der Waals surface area contributed by atoms with Crippen molar-refractivity contribution in [1.29, 1.82) is 0 Å². The van der Waals surface area contributed by atoms with Gasteiger partial charge in [-0.05, 0) is 57.9 Å². The van der Waals surface area contributed by atoms with Crippen LogP contribution in [0.25, 0.3) is 0 Å². The molecule has 0 saturated carbocycles. The number of benzene rings is 2. The average Bonchev–Trinajstić information content (AvgIpc) is 2.49. The van der Waals surface area contributed by atoms with Gasteiger partial charge in [-0.25, -0.2) is 5.43 Å². The van der Waals surface area contributed by atoms with Gasteiger partial charge in [-0.15, -0.1) is 0 Å². The van der Waals surface area contributed by atoms with Crippen LogP contribution in [0.1, 0.15) is 22.8 Å². The number of ether oxygens (including phenoxy) is 1. The van der Waals surface area contributed by atoms with E-state index < -0.39 is 5.97 Å². The van der Waals surface area contributed by atoms with Crippen molar-refractivity contribution in [3.05, 3.63) is 63.1 Å². The lowest BCUT2D eigenvalue weighted by atomic mass is 10.2. The molecule has 2 rings (SSSR count). The third kappa shape index (κ3) is 5.19. The predicted molar refractivity (Wildman–Crippen MR) is 92.0 cm³/mol. The van der Waals surface area contributed by atoms with Gasteiger partial charge in [-0.2, -0.15) is 5.10 Å². The summed E-state index contributed by atoms with van der Waals surface area (Å²) in [4.78, 5) is 22.8. The first-order valence-corrected chi connectivity index (χ1v) is 7.70. The van der Waals surface area contributed by atoms with Gasteiger partial charge in [0.2, 0.25) is 0 Å². The van der Waals surface area contributed by atoms with Crippen LogP contribution in [0.2, 0.25) is 5.02 Å². The number of hydrogen-bond donors (Lipinski definition) is 1. The predicted octanol–water partition coefficient (Wildman–Crippen LogP) is 3.79. The molecule has 0 saturated heterocycles. The van der Waals surface area contributed by atoms with E-state index >= 15 is 0 Å². The van der Waals surface area contributed by atoms with Crippen molar-refractivity contribution in [3.63, 3.8) is 0 Å². The number of nitrogens with zero attached hydrogens (tertiary/aromatic N) is 1. The largest absolute Gasteiger partial charge is 0.426 e. The Bertz CT molecular complexity index is 778. The summed E-state index contributed by atoms with van der Waals surface area (Å²) in [6.07, 6.45) is 1.48. The standard InChI is InChI=1S/C16H12BrClN2O3/c1-10(21)23-15-6-5-11(7-14(15)17)9-19-20-16(22)12-3-2-4-13(18)8-12/h2-9H,1H3,(H,20,22)/b19-9-. The summed E-state index contributed by atoms with van der Waals surface area (Å²) in [5.41, 5.74) is 3.55. The van der Waals surface area contributed by atoms with Crippen LogP contribution in [0.15, 0.2) is 52.0 Å². The summed E-state index contributed by atoms with van der Waals surface area (Å²) in [6, 6.07) is 11.6. The molecule has 23 heavy (non-hydrogen) atoms. The Balaban J connectivity index is 2.02. The zero-order valence-corrected chi connectivity index (χ0v) is 14.4. The highest BCUT2D eigenvalue weighted by Crippen LogP contribution is 2.25. The van der Waals surface area contributed by atoms with E-state index in [9.17, 15) is 9.59 Å². The molecule has 0 unspecified atom stereocenters. The highest BCUT2D eigenvalue weighted by molar-refractivity contribution is 9.10. The van der Waals surface area contributed by atoms with E-state index in [0.717, 1.165) is 5.56 Å². The molecule has 0 atom stereocenters. The van der Waals surface area contributed by atoms with Crippen molar-refractivity contribution >= 4 is 45.6 Å². The molecule has 0 aliphatic carbocycles. The lowest BCUT2D eigenvalue weighted by Crippen LogP contribution is -2.17. The zero-order chi connectivity index (χ0) is 16.8. The summed E-state index contributed by atoms with van der Waals surface area (Å²) < 4.78 is 5.61. The highest BCUT2D eigenvalue weighted by atomic mass is 79.9. The molecule has 1 N–H and O–H groups in total. The maximum absolute atomic E-state index is 11.9. The SMILES string of the molecule is CC(=O)Oc1ccc(/C=N\NC(=O)c2cccc(Cl)c2)cc1Br. The van der Waals surface area contributed by atoms with Crippen LogP contribution in [-0.4, -0.2) is 18.1 Å². The van der Waals surface area contributed by atoms with E-state index in [-0.39, 0.29) is 5.91 Å². The Morgan fingerprint density at radius 3 is 2.70 bits per heavy atom. The summed E-state index contributed by atoms with van der Waals surface area (Å²) in [5, 5.41) is 4.36. The third-order valence-electron chi connectivity index (χ3n) is 2.68. The summed E-state index contributed by atoms with van der Waals surface area (Å²) >= 11 is 9.13. The number of hydrogen-bond acceptors (Lipinski definition) is 4. The third-order valence-corrected chi connectivity index (χ3v) is 3.53. The average molecular weight is 396 g/mol. The normalized spacial score (nSPS) is 10.6. The molecule has 118 valence electrons. The van der Waals surface area contributed by atoms with E-state index in [1.54, 1.807) is 42.5 Å². The molecule has 7 heteroatoms. The van der Waals surface area contributed by atoms with Crippen LogP contribution in [0.5, 0.6) is 5.75 Å². The van der Waals surface area contributed by atoms with E-state index in [2.05, 4.69) is 26.5 Å². The molecule has 0 spiro atoms. The number of nitrogens with one attached hydrogen (secondary N) is 1. The molecular formula is C16H12BrClN2O3. The number of rotatable bonds is 4. The number of amides is 1. The molecule has 2 aromatic rings. The second-order valence-electron chi connectivity index (χ2n) is 4.49. The van der Waals surface area contributed by atoms with Gasteiger partial charge >= 0.3 is 5.97 Å². The smallest absolute Gasteiger partial charge is 0.308 e. The molecule has 0 fully saturated rings. The topological polar surface area (TPSA) is 67.8 Å². The Morgan fingerprint density at radius 1 is 1.26 bits per heavy atom. The molecule has 0 aliphatic rings. The fourth-order valence-corrected chi connectivity index (χ4v) is 2.36. The molecule has 1 amide bonds. The van der Waals surface area contributed by atoms with Crippen molar-refractivity contribution < 1.29 is 14.3 Å². The minimum Gasteiger partial charge on any atom is -0.426 e. The summed E-state index contributed by atoms with van der Waals surface area (Å²) in [6.45, 7) is 1.33. The Hall–Kier alpha value is -2.18. The first-order chi connectivity index (χ1) is 11.0. The maximum Gasteiger partial charge on any atom is 0.308 e. The van der Waals surface area contributed by atoms with Crippen LogP contribution in [0.3, 0.4) is 0 Å². The van der Waals surface area contributed by atoms with E-state index in [1.165, 1.54) is 13.1 Å². The van der Waals surface area contributed by atoms with Gasteiger partial charge in [0, 0.05) is 17.5 Å².